The number of piperidine rings is 1. The maximum atomic E-state index is 11.9. The molecule has 0 radical (unpaired) electrons. The van der Waals surface area contributed by atoms with Crippen molar-refractivity contribution in [3.05, 3.63) is 18.5 Å². The van der Waals surface area contributed by atoms with Crippen molar-refractivity contribution in [1.29, 1.82) is 0 Å². The fourth-order valence-corrected chi connectivity index (χ4v) is 1.91. The van der Waals surface area contributed by atoms with Gasteiger partial charge in [0.1, 0.15) is 6.54 Å². The van der Waals surface area contributed by atoms with Crippen molar-refractivity contribution in [2.45, 2.75) is 26.0 Å². The van der Waals surface area contributed by atoms with Crippen LogP contribution in [0.5, 0.6) is 0 Å². The first kappa shape index (κ1) is 11.1. The molecule has 1 fully saturated rings. The first-order valence-electron chi connectivity index (χ1n) is 5.60. The Balaban J connectivity index is 1.90. The summed E-state index contributed by atoms with van der Waals surface area (Å²) in [5.41, 5.74) is 0. The summed E-state index contributed by atoms with van der Waals surface area (Å²) < 4.78 is 1.60. The van der Waals surface area contributed by atoms with Gasteiger partial charge in [-0.15, -0.1) is 0 Å². The molecule has 1 aromatic rings. The molecule has 2 heterocycles. The molecule has 2 rings (SSSR count). The zero-order chi connectivity index (χ0) is 11.5. The lowest BCUT2D eigenvalue weighted by molar-refractivity contribution is -0.136. The summed E-state index contributed by atoms with van der Waals surface area (Å²) >= 11 is 0. The van der Waals surface area contributed by atoms with Crippen LogP contribution in [0.3, 0.4) is 0 Å². The third-order valence-electron chi connectivity index (χ3n) is 3.13. The van der Waals surface area contributed by atoms with Crippen LogP contribution in [-0.2, 0) is 11.3 Å². The minimum atomic E-state index is -0.393. The normalized spacial score (nSPS) is 25.8. The number of nitrogens with zero attached hydrogens (tertiary/aromatic N) is 3. The number of hydrogen-bond acceptors (Lipinski definition) is 3. The van der Waals surface area contributed by atoms with Crippen LogP contribution in [0.15, 0.2) is 18.5 Å². The number of carbonyl (C=O) groups excluding carboxylic acids is 1. The summed E-state index contributed by atoms with van der Waals surface area (Å²) in [7, 11) is 0. The minimum Gasteiger partial charge on any atom is -0.391 e. The van der Waals surface area contributed by atoms with Crippen molar-refractivity contribution in [1.82, 2.24) is 14.7 Å². The molecule has 0 aromatic carbocycles. The standard InChI is InChI=1S/C11H17N3O2/c1-9-3-6-13(7-10(9)15)11(16)8-14-5-2-4-12-14/h2,4-5,9-10,15H,3,6-8H2,1H3. The number of aliphatic hydroxyl groups is 1. The van der Waals surface area contributed by atoms with Gasteiger partial charge in [-0.1, -0.05) is 6.92 Å². The molecular weight excluding hydrogens is 206 g/mol. The van der Waals surface area contributed by atoms with Gasteiger partial charge in [0.25, 0.3) is 0 Å². The van der Waals surface area contributed by atoms with Gasteiger partial charge in [-0.05, 0) is 18.4 Å². The van der Waals surface area contributed by atoms with E-state index in [1.807, 2.05) is 6.92 Å². The van der Waals surface area contributed by atoms with Gasteiger partial charge >= 0.3 is 0 Å². The Hall–Kier alpha value is -1.36. The van der Waals surface area contributed by atoms with E-state index in [1.165, 1.54) is 0 Å². The van der Waals surface area contributed by atoms with Crippen LogP contribution in [0.4, 0.5) is 0 Å². The van der Waals surface area contributed by atoms with E-state index in [-0.39, 0.29) is 18.4 Å². The highest BCUT2D eigenvalue weighted by Crippen LogP contribution is 2.17. The monoisotopic (exact) mass is 223 g/mol. The summed E-state index contributed by atoms with van der Waals surface area (Å²) in [6, 6.07) is 1.79. The summed E-state index contributed by atoms with van der Waals surface area (Å²) in [5.74, 6) is 0.309. The first-order valence-corrected chi connectivity index (χ1v) is 5.60. The lowest BCUT2D eigenvalue weighted by atomic mass is 9.96. The molecule has 16 heavy (non-hydrogen) atoms. The Morgan fingerprint density at radius 1 is 1.62 bits per heavy atom. The molecular formula is C11H17N3O2. The molecule has 2 atom stereocenters. The van der Waals surface area contributed by atoms with E-state index in [2.05, 4.69) is 5.10 Å². The lowest BCUT2D eigenvalue weighted by Crippen LogP contribution is -2.46. The number of aromatic nitrogens is 2. The van der Waals surface area contributed by atoms with Crippen molar-refractivity contribution in [3.63, 3.8) is 0 Å². The molecule has 2 unspecified atom stereocenters. The molecule has 1 N–H and O–H groups in total. The third kappa shape index (κ3) is 2.41. The van der Waals surface area contributed by atoms with Crippen molar-refractivity contribution in [2.75, 3.05) is 13.1 Å². The quantitative estimate of drug-likeness (QED) is 0.774. The van der Waals surface area contributed by atoms with Crippen molar-refractivity contribution < 1.29 is 9.90 Å². The van der Waals surface area contributed by atoms with E-state index in [4.69, 9.17) is 0 Å². The summed E-state index contributed by atoms with van der Waals surface area (Å²) in [4.78, 5) is 13.6. The average Bonchev–Trinajstić information content (AvgIpc) is 2.74. The van der Waals surface area contributed by atoms with Crippen LogP contribution in [0.2, 0.25) is 0 Å². The van der Waals surface area contributed by atoms with Crippen molar-refractivity contribution >= 4 is 5.91 Å². The Labute approximate surface area is 94.7 Å². The largest absolute Gasteiger partial charge is 0.391 e. The lowest BCUT2D eigenvalue weighted by Gasteiger charge is -2.34. The smallest absolute Gasteiger partial charge is 0.244 e. The van der Waals surface area contributed by atoms with Crippen LogP contribution < -0.4 is 0 Å². The second kappa shape index (κ2) is 4.65. The number of carbonyl (C=O) groups is 1. The second-order valence-corrected chi connectivity index (χ2v) is 4.38. The summed E-state index contributed by atoms with van der Waals surface area (Å²) in [6.07, 6.45) is 3.89. The molecule has 1 saturated heterocycles. The van der Waals surface area contributed by atoms with Gasteiger partial charge in [-0.3, -0.25) is 9.48 Å². The zero-order valence-electron chi connectivity index (χ0n) is 9.41. The van der Waals surface area contributed by atoms with Crippen molar-refractivity contribution in [2.24, 2.45) is 5.92 Å². The van der Waals surface area contributed by atoms with Gasteiger partial charge in [0.15, 0.2) is 0 Å². The van der Waals surface area contributed by atoms with Gasteiger partial charge in [-0.2, -0.15) is 5.10 Å². The predicted octanol–water partition coefficient (Wildman–Crippen LogP) is 0.112. The Morgan fingerprint density at radius 2 is 2.44 bits per heavy atom. The molecule has 1 aliphatic heterocycles. The van der Waals surface area contributed by atoms with Crippen molar-refractivity contribution in [3.8, 4) is 0 Å². The maximum Gasteiger partial charge on any atom is 0.244 e. The number of likely N-dealkylation sites (tertiary alicyclic amines) is 1. The predicted molar refractivity (Wildman–Crippen MR) is 58.6 cm³/mol. The van der Waals surface area contributed by atoms with Gasteiger partial charge < -0.3 is 10.0 Å². The number of β-amino-alcohol motifs (C(OH)–C–C–N with tert-alkyl or cyclic N) is 1. The number of amides is 1. The fraction of sp³-hybridized carbons (Fsp3) is 0.636. The maximum absolute atomic E-state index is 11.9. The molecule has 0 spiro atoms. The van der Waals surface area contributed by atoms with E-state index in [0.717, 1.165) is 13.0 Å². The third-order valence-corrected chi connectivity index (χ3v) is 3.13. The Kier molecular flexibility index (Phi) is 3.24. The fourth-order valence-electron chi connectivity index (χ4n) is 1.91. The van der Waals surface area contributed by atoms with E-state index in [1.54, 1.807) is 28.0 Å². The molecule has 0 aliphatic carbocycles. The average molecular weight is 223 g/mol. The van der Waals surface area contributed by atoms with E-state index in [0.29, 0.717) is 6.54 Å². The summed E-state index contributed by atoms with van der Waals surface area (Å²) in [6.45, 7) is 3.45. The Morgan fingerprint density at radius 3 is 3.06 bits per heavy atom. The number of hydrogen-bond donors (Lipinski definition) is 1. The van der Waals surface area contributed by atoms with Gasteiger partial charge in [0.2, 0.25) is 5.91 Å². The Bertz CT molecular complexity index is 350. The van der Waals surface area contributed by atoms with E-state index in [9.17, 15) is 9.90 Å². The highest BCUT2D eigenvalue weighted by Gasteiger charge is 2.27. The van der Waals surface area contributed by atoms with E-state index >= 15 is 0 Å². The van der Waals surface area contributed by atoms with Crippen LogP contribution in [0.25, 0.3) is 0 Å². The molecule has 0 bridgehead atoms. The zero-order valence-corrected chi connectivity index (χ0v) is 9.41. The van der Waals surface area contributed by atoms with Crippen LogP contribution in [-0.4, -0.2) is 44.9 Å². The molecule has 1 aliphatic rings. The second-order valence-electron chi connectivity index (χ2n) is 4.38. The number of aliphatic hydroxyl groups excluding tert-OH is 1. The van der Waals surface area contributed by atoms with Gasteiger partial charge in [-0.25, -0.2) is 0 Å². The molecule has 0 saturated carbocycles. The number of rotatable bonds is 2. The minimum absolute atomic E-state index is 0.0228. The topological polar surface area (TPSA) is 58.4 Å². The highest BCUT2D eigenvalue weighted by molar-refractivity contribution is 5.76. The molecule has 1 aromatic heterocycles. The van der Waals surface area contributed by atoms with E-state index < -0.39 is 6.10 Å². The molecule has 5 heteroatoms. The highest BCUT2D eigenvalue weighted by atomic mass is 16.3. The SMILES string of the molecule is CC1CCN(C(=O)Cn2cccn2)CC1O. The first-order chi connectivity index (χ1) is 7.66. The molecule has 1 amide bonds. The van der Waals surface area contributed by atoms with Gasteiger partial charge in [0, 0.05) is 25.5 Å². The molecule has 88 valence electrons. The van der Waals surface area contributed by atoms with Crippen LogP contribution in [0.1, 0.15) is 13.3 Å². The van der Waals surface area contributed by atoms with Gasteiger partial charge in [0.05, 0.1) is 6.10 Å². The molecule has 5 nitrogen and oxygen atoms in total. The summed E-state index contributed by atoms with van der Waals surface area (Å²) in [5, 5.41) is 13.7. The van der Waals surface area contributed by atoms with Crippen LogP contribution in [0, 0.1) is 5.92 Å². The van der Waals surface area contributed by atoms with Crippen LogP contribution >= 0.6 is 0 Å².